The van der Waals surface area contributed by atoms with E-state index in [4.69, 9.17) is 10.5 Å². The third-order valence-corrected chi connectivity index (χ3v) is 6.12. The lowest BCUT2D eigenvalue weighted by Gasteiger charge is -2.11. The monoisotopic (exact) mass is 305 g/mol. The zero-order valence-electron chi connectivity index (χ0n) is 10.9. The second kappa shape index (κ2) is 6.17. The summed E-state index contributed by atoms with van der Waals surface area (Å²) in [5.74, 6) is 0. The van der Waals surface area contributed by atoms with Gasteiger partial charge in [-0.25, -0.2) is 18.1 Å². The normalized spacial score (nSPS) is 17.1. The number of aromatic nitrogens is 1. The van der Waals surface area contributed by atoms with E-state index >= 15 is 0 Å². The first-order valence-corrected chi connectivity index (χ1v) is 8.63. The number of aryl methyl sites for hydroxylation is 1. The van der Waals surface area contributed by atoms with Crippen molar-refractivity contribution in [2.24, 2.45) is 0 Å². The molecule has 19 heavy (non-hydrogen) atoms. The van der Waals surface area contributed by atoms with Crippen molar-refractivity contribution in [3.05, 3.63) is 5.69 Å². The Morgan fingerprint density at radius 1 is 1.47 bits per heavy atom. The van der Waals surface area contributed by atoms with Crippen LogP contribution in [0.25, 0.3) is 0 Å². The predicted octanol–water partition coefficient (Wildman–Crippen LogP) is 1.27. The summed E-state index contributed by atoms with van der Waals surface area (Å²) in [7, 11) is -3.52. The van der Waals surface area contributed by atoms with E-state index in [1.165, 1.54) is 12.8 Å². The second-order valence-corrected chi connectivity index (χ2v) is 7.59. The molecule has 0 aromatic carbocycles. The lowest BCUT2D eigenvalue weighted by atomic mass is 10.3. The van der Waals surface area contributed by atoms with Crippen molar-refractivity contribution in [1.82, 2.24) is 9.71 Å². The number of rotatable bonds is 6. The Morgan fingerprint density at radius 3 is 2.74 bits per heavy atom. The van der Waals surface area contributed by atoms with Crippen molar-refractivity contribution >= 4 is 26.5 Å². The maximum absolute atomic E-state index is 12.0. The van der Waals surface area contributed by atoms with Crippen molar-refractivity contribution in [3.8, 4) is 0 Å². The van der Waals surface area contributed by atoms with Crippen molar-refractivity contribution < 1.29 is 13.2 Å². The number of hydrogen-bond donors (Lipinski definition) is 2. The van der Waals surface area contributed by atoms with Crippen LogP contribution in [-0.2, 0) is 14.8 Å². The molecule has 0 radical (unpaired) electrons. The van der Waals surface area contributed by atoms with E-state index in [-0.39, 0.29) is 15.9 Å². The van der Waals surface area contributed by atoms with Crippen LogP contribution in [-0.4, -0.2) is 32.7 Å². The van der Waals surface area contributed by atoms with E-state index in [0.717, 1.165) is 24.2 Å². The number of anilines is 1. The molecule has 1 saturated carbocycles. The highest BCUT2D eigenvalue weighted by Crippen LogP contribution is 2.24. The number of nitrogens with one attached hydrogen (secondary N) is 1. The van der Waals surface area contributed by atoms with Gasteiger partial charge in [0.15, 0.2) is 9.34 Å². The van der Waals surface area contributed by atoms with Crippen LogP contribution in [0.4, 0.5) is 5.13 Å². The summed E-state index contributed by atoms with van der Waals surface area (Å²) in [5, 5.41) is 0.264. The third kappa shape index (κ3) is 3.88. The van der Waals surface area contributed by atoms with Crippen LogP contribution in [0, 0.1) is 6.92 Å². The highest BCUT2D eigenvalue weighted by atomic mass is 32.2. The molecule has 0 saturated heterocycles. The molecule has 6 nitrogen and oxygen atoms in total. The lowest BCUT2D eigenvalue weighted by Crippen LogP contribution is -2.28. The Balaban J connectivity index is 1.82. The molecule has 0 bridgehead atoms. The first-order chi connectivity index (χ1) is 8.99. The van der Waals surface area contributed by atoms with Crippen molar-refractivity contribution in [1.29, 1.82) is 0 Å². The minimum Gasteiger partial charge on any atom is -0.377 e. The van der Waals surface area contributed by atoms with E-state index in [2.05, 4.69) is 9.71 Å². The molecule has 1 heterocycles. The van der Waals surface area contributed by atoms with Gasteiger partial charge in [0.05, 0.1) is 18.4 Å². The molecule has 0 spiro atoms. The SMILES string of the molecule is Cc1nc(N)sc1S(=O)(=O)NCCOC1CCCC1. The summed E-state index contributed by atoms with van der Waals surface area (Å²) in [6.45, 7) is 2.31. The Kier molecular flexibility index (Phi) is 4.77. The summed E-state index contributed by atoms with van der Waals surface area (Å²) >= 11 is 0.980. The number of nitrogen functional groups attached to an aromatic ring is 1. The number of sulfonamides is 1. The Labute approximate surface area is 117 Å². The predicted molar refractivity (Wildman–Crippen MR) is 74.7 cm³/mol. The van der Waals surface area contributed by atoms with Gasteiger partial charge in [-0.3, -0.25) is 0 Å². The van der Waals surface area contributed by atoms with E-state index in [1.807, 2.05) is 0 Å². The van der Waals surface area contributed by atoms with Gasteiger partial charge in [0.25, 0.3) is 10.0 Å². The first kappa shape index (κ1) is 14.7. The third-order valence-electron chi connectivity index (χ3n) is 3.06. The molecule has 0 atom stereocenters. The van der Waals surface area contributed by atoms with E-state index < -0.39 is 10.0 Å². The number of nitrogens with zero attached hydrogens (tertiary/aromatic N) is 1. The number of hydrogen-bond acceptors (Lipinski definition) is 6. The van der Waals surface area contributed by atoms with Gasteiger partial charge in [0, 0.05) is 6.54 Å². The average Bonchev–Trinajstić information content (AvgIpc) is 2.94. The molecule has 3 N–H and O–H groups in total. The molecule has 108 valence electrons. The molecule has 1 aliphatic carbocycles. The van der Waals surface area contributed by atoms with Crippen molar-refractivity contribution in [2.45, 2.75) is 42.9 Å². The highest BCUT2D eigenvalue weighted by molar-refractivity contribution is 7.91. The standard InChI is InChI=1S/C11H19N3O3S2/c1-8-10(18-11(12)14-8)19(15,16)13-6-7-17-9-4-2-3-5-9/h9,13H,2-7H2,1H3,(H2,12,14). The van der Waals surface area contributed by atoms with Gasteiger partial charge in [-0.15, -0.1) is 0 Å². The van der Waals surface area contributed by atoms with Gasteiger partial charge in [0.2, 0.25) is 0 Å². The molecule has 2 rings (SSSR count). The maximum Gasteiger partial charge on any atom is 0.252 e. The fraction of sp³-hybridized carbons (Fsp3) is 0.727. The molecule has 1 aliphatic rings. The van der Waals surface area contributed by atoms with Gasteiger partial charge in [-0.2, -0.15) is 0 Å². The second-order valence-electron chi connectivity index (χ2n) is 4.60. The van der Waals surface area contributed by atoms with Crippen LogP contribution >= 0.6 is 11.3 Å². The lowest BCUT2D eigenvalue weighted by molar-refractivity contribution is 0.0626. The molecule has 0 amide bonds. The summed E-state index contributed by atoms with van der Waals surface area (Å²) in [6.07, 6.45) is 4.87. The summed E-state index contributed by atoms with van der Waals surface area (Å²) in [6, 6.07) is 0. The molecular weight excluding hydrogens is 286 g/mol. The van der Waals surface area contributed by atoms with Crippen molar-refractivity contribution in [2.75, 3.05) is 18.9 Å². The maximum atomic E-state index is 12.0. The van der Waals surface area contributed by atoms with Gasteiger partial charge in [-0.1, -0.05) is 24.2 Å². The quantitative estimate of drug-likeness (QED) is 0.772. The van der Waals surface area contributed by atoms with Gasteiger partial charge < -0.3 is 10.5 Å². The van der Waals surface area contributed by atoms with Crippen LogP contribution in [0.2, 0.25) is 0 Å². The van der Waals surface area contributed by atoms with Gasteiger partial charge >= 0.3 is 0 Å². The zero-order chi connectivity index (χ0) is 13.9. The largest absolute Gasteiger partial charge is 0.377 e. The molecule has 0 aliphatic heterocycles. The topological polar surface area (TPSA) is 94.3 Å². The van der Waals surface area contributed by atoms with E-state index in [0.29, 0.717) is 18.4 Å². The molecule has 8 heteroatoms. The Bertz CT molecular complexity index is 521. The van der Waals surface area contributed by atoms with E-state index in [9.17, 15) is 8.42 Å². The highest BCUT2D eigenvalue weighted by Gasteiger charge is 2.21. The summed E-state index contributed by atoms with van der Waals surface area (Å²) < 4.78 is 32.3. The number of ether oxygens (including phenoxy) is 1. The van der Waals surface area contributed by atoms with Gasteiger partial charge in [-0.05, 0) is 19.8 Å². The molecule has 1 aromatic rings. The smallest absolute Gasteiger partial charge is 0.252 e. The number of thiazole rings is 1. The minimum atomic E-state index is -3.52. The molecular formula is C11H19N3O3S2. The van der Waals surface area contributed by atoms with Crippen LogP contribution in [0.15, 0.2) is 4.21 Å². The zero-order valence-corrected chi connectivity index (χ0v) is 12.5. The van der Waals surface area contributed by atoms with Crippen LogP contribution in [0.1, 0.15) is 31.4 Å². The fourth-order valence-electron chi connectivity index (χ4n) is 2.17. The van der Waals surface area contributed by atoms with Crippen LogP contribution in [0.3, 0.4) is 0 Å². The number of nitrogens with two attached hydrogens (primary N) is 1. The molecule has 1 fully saturated rings. The molecule has 1 aromatic heterocycles. The first-order valence-electron chi connectivity index (χ1n) is 6.33. The average molecular weight is 305 g/mol. The Morgan fingerprint density at radius 2 is 2.16 bits per heavy atom. The van der Waals surface area contributed by atoms with Crippen LogP contribution in [0.5, 0.6) is 0 Å². The van der Waals surface area contributed by atoms with Gasteiger partial charge in [0.1, 0.15) is 0 Å². The summed E-state index contributed by atoms with van der Waals surface area (Å²) in [5.41, 5.74) is 5.94. The minimum absolute atomic E-state index is 0.186. The van der Waals surface area contributed by atoms with E-state index in [1.54, 1.807) is 6.92 Å². The summed E-state index contributed by atoms with van der Waals surface area (Å²) in [4.78, 5) is 3.91. The van der Waals surface area contributed by atoms with Crippen LogP contribution < -0.4 is 10.5 Å². The van der Waals surface area contributed by atoms with Crippen molar-refractivity contribution in [3.63, 3.8) is 0 Å². The Hall–Kier alpha value is -0.700. The fourth-order valence-corrected chi connectivity index (χ4v) is 4.53. The molecule has 0 unspecified atom stereocenters.